The Labute approximate surface area is 143 Å². The van der Waals surface area contributed by atoms with Crippen molar-refractivity contribution in [2.24, 2.45) is 5.10 Å². The number of benzene rings is 1. The molecule has 1 heterocycles. The van der Waals surface area contributed by atoms with Gasteiger partial charge in [0.15, 0.2) is 0 Å². The molecule has 1 aromatic carbocycles. The van der Waals surface area contributed by atoms with Crippen LogP contribution in [-0.2, 0) is 11.3 Å². The SMILES string of the molecule is Cc1ncsc1C(=O)OC/C=N/NCc1ccc(O)cc1O.Cl. The van der Waals surface area contributed by atoms with Crippen molar-refractivity contribution in [2.75, 3.05) is 6.61 Å². The molecule has 0 saturated heterocycles. The molecule has 7 nitrogen and oxygen atoms in total. The van der Waals surface area contributed by atoms with Gasteiger partial charge < -0.3 is 20.4 Å². The molecule has 0 saturated carbocycles. The van der Waals surface area contributed by atoms with E-state index in [1.165, 1.54) is 29.7 Å². The number of carbonyl (C=O) groups excluding carboxylic acids is 1. The molecule has 0 spiro atoms. The van der Waals surface area contributed by atoms with Crippen LogP contribution in [0.4, 0.5) is 0 Å². The average Bonchev–Trinajstić information content (AvgIpc) is 2.90. The summed E-state index contributed by atoms with van der Waals surface area (Å²) in [7, 11) is 0. The lowest BCUT2D eigenvalue weighted by Crippen LogP contribution is -2.10. The lowest BCUT2D eigenvalue weighted by molar-refractivity contribution is 0.0571. The Bertz CT molecular complexity index is 690. The molecule has 0 unspecified atom stereocenters. The van der Waals surface area contributed by atoms with Crippen molar-refractivity contribution < 1.29 is 19.7 Å². The number of ether oxygens (including phenoxy) is 1. The van der Waals surface area contributed by atoms with E-state index in [-0.39, 0.29) is 37.1 Å². The number of phenols is 2. The van der Waals surface area contributed by atoms with Gasteiger partial charge in [-0.15, -0.1) is 23.7 Å². The molecule has 0 aliphatic rings. The number of hydrogen-bond acceptors (Lipinski definition) is 8. The third-order valence-corrected chi connectivity index (χ3v) is 3.65. The van der Waals surface area contributed by atoms with Crippen LogP contribution in [0.5, 0.6) is 11.5 Å². The largest absolute Gasteiger partial charge is 0.508 e. The maximum absolute atomic E-state index is 11.7. The summed E-state index contributed by atoms with van der Waals surface area (Å²) in [4.78, 5) is 16.1. The van der Waals surface area contributed by atoms with E-state index in [1.807, 2.05) is 0 Å². The molecule has 0 radical (unpaired) electrons. The number of nitrogens with zero attached hydrogens (tertiary/aromatic N) is 2. The summed E-state index contributed by atoms with van der Waals surface area (Å²) in [6.07, 6.45) is 1.41. The maximum atomic E-state index is 11.7. The molecule has 1 aromatic heterocycles. The number of aromatic hydroxyl groups is 2. The highest BCUT2D eigenvalue weighted by molar-refractivity contribution is 7.11. The van der Waals surface area contributed by atoms with Gasteiger partial charge >= 0.3 is 5.97 Å². The van der Waals surface area contributed by atoms with Crippen molar-refractivity contribution in [1.29, 1.82) is 0 Å². The van der Waals surface area contributed by atoms with E-state index >= 15 is 0 Å². The summed E-state index contributed by atoms with van der Waals surface area (Å²) in [5, 5.41) is 22.6. The fraction of sp³-hybridized carbons (Fsp3) is 0.214. The minimum atomic E-state index is -0.428. The first-order valence-electron chi connectivity index (χ1n) is 6.40. The van der Waals surface area contributed by atoms with Gasteiger partial charge in [-0.1, -0.05) is 0 Å². The van der Waals surface area contributed by atoms with E-state index in [1.54, 1.807) is 18.5 Å². The fourth-order valence-electron chi connectivity index (χ4n) is 1.61. The minimum absolute atomic E-state index is 0. The topological polar surface area (TPSA) is 104 Å². The van der Waals surface area contributed by atoms with Crippen molar-refractivity contribution in [3.8, 4) is 11.5 Å². The van der Waals surface area contributed by atoms with E-state index in [4.69, 9.17) is 9.84 Å². The number of hydrazone groups is 1. The highest BCUT2D eigenvalue weighted by Crippen LogP contribution is 2.22. The number of aromatic nitrogens is 1. The summed E-state index contributed by atoms with van der Waals surface area (Å²) in [5.41, 5.74) is 5.53. The van der Waals surface area contributed by atoms with E-state index in [0.29, 0.717) is 16.1 Å². The third kappa shape index (κ3) is 5.42. The molecule has 2 aromatic rings. The number of phenolic OH excluding ortho intramolecular Hbond substituents is 2. The standard InChI is InChI=1S/C14H15N3O4S.ClH/c1-9-13(22-8-15-9)14(20)21-5-4-16-17-7-10-2-3-11(18)6-12(10)19;/h2-4,6,8,17-19H,5,7H2,1H3;1H/b16-4+;. The van der Waals surface area contributed by atoms with Crippen molar-refractivity contribution in [3.63, 3.8) is 0 Å². The van der Waals surface area contributed by atoms with E-state index < -0.39 is 5.97 Å². The van der Waals surface area contributed by atoms with Crippen LogP contribution in [0.25, 0.3) is 0 Å². The van der Waals surface area contributed by atoms with E-state index in [2.05, 4.69) is 15.5 Å². The molecule has 9 heteroatoms. The second-order valence-corrected chi connectivity index (χ2v) is 5.18. The first-order valence-corrected chi connectivity index (χ1v) is 7.28. The van der Waals surface area contributed by atoms with Crippen LogP contribution in [-0.4, -0.2) is 34.0 Å². The van der Waals surface area contributed by atoms with Crippen molar-refractivity contribution in [2.45, 2.75) is 13.5 Å². The molecule has 0 aliphatic carbocycles. The molecular formula is C14H16ClN3O4S. The van der Waals surface area contributed by atoms with Crippen LogP contribution in [0.15, 0.2) is 28.8 Å². The lowest BCUT2D eigenvalue weighted by Gasteiger charge is -2.04. The van der Waals surface area contributed by atoms with Gasteiger partial charge in [-0.25, -0.2) is 9.78 Å². The molecule has 0 atom stereocenters. The predicted molar refractivity (Wildman–Crippen MR) is 89.5 cm³/mol. The first kappa shape index (κ1) is 18.7. The van der Waals surface area contributed by atoms with Gasteiger partial charge in [0.05, 0.1) is 24.0 Å². The molecule has 0 fully saturated rings. The van der Waals surface area contributed by atoms with Crippen molar-refractivity contribution in [3.05, 3.63) is 39.8 Å². The Morgan fingerprint density at radius 1 is 1.48 bits per heavy atom. The van der Waals surface area contributed by atoms with Gasteiger partial charge in [-0.3, -0.25) is 0 Å². The van der Waals surface area contributed by atoms with Gasteiger partial charge in [-0.2, -0.15) is 5.10 Å². The number of aryl methyl sites for hydroxylation is 1. The van der Waals surface area contributed by atoms with Gasteiger partial charge in [0.25, 0.3) is 0 Å². The summed E-state index contributed by atoms with van der Waals surface area (Å²) in [6, 6.07) is 4.30. The molecular weight excluding hydrogens is 342 g/mol. The molecule has 23 heavy (non-hydrogen) atoms. The second kappa shape index (κ2) is 8.96. The zero-order chi connectivity index (χ0) is 15.9. The van der Waals surface area contributed by atoms with Crippen LogP contribution in [0.3, 0.4) is 0 Å². The number of carbonyl (C=O) groups is 1. The Morgan fingerprint density at radius 3 is 2.91 bits per heavy atom. The average molecular weight is 358 g/mol. The monoisotopic (exact) mass is 357 g/mol. The Kier molecular flexibility index (Phi) is 7.30. The number of hydrogen-bond donors (Lipinski definition) is 3. The quantitative estimate of drug-likeness (QED) is 0.416. The van der Waals surface area contributed by atoms with Crippen LogP contribution < -0.4 is 5.43 Å². The Morgan fingerprint density at radius 2 is 2.26 bits per heavy atom. The number of thiazole rings is 1. The molecule has 124 valence electrons. The molecule has 0 bridgehead atoms. The highest BCUT2D eigenvalue weighted by Gasteiger charge is 2.12. The Balaban J connectivity index is 0.00000264. The number of halogens is 1. The highest BCUT2D eigenvalue weighted by atomic mass is 35.5. The summed E-state index contributed by atoms with van der Waals surface area (Å²) in [6.45, 7) is 2.06. The van der Waals surface area contributed by atoms with Crippen LogP contribution in [0.1, 0.15) is 20.9 Å². The summed E-state index contributed by atoms with van der Waals surface area (Å²) >= 11 is 1.23. The van der Waals surface area contributed by atoms with Gasteiger partial charge in [0, 0.05) is 11.6 Å². The summed E-state index contributed by atoms with van der Waals surface area (Å²) < 4.78 is 5.02. The predicted octanol–water partition coefficient (Wildman–Crippen LogP) is 2.22. The number of esters is 1. The van der Waals surface area contributed by atoms with E-state index in [9.17, 15) is 9.90 Å². The fourth-order valence-corrected chi connectivity index (χ4v) is 2.31. The second-order valence-electron chi connectivity index (χ2n) is 4.32. The number of nitrogens with one attached hydrogen (secondary N) is 1. The smallest absolute Gasteiger partial charge is 0.350 e. The molecule has 0 aliphatic heterocycles. The van der Waals surface area contributed by atoms with Gasteiger partial charge in [-0.05, 0) is 19.1 Å². The van der Waals surface area contributed by atoms with Crippen molar-refractivity contribution >= 4 is 35.9 Å². The van der Waals surface area contributed by atoms with E-state index in [0.717, 1.165) is 0 Å². The maximum Gasteiger partial charge on any atom is 0.350 e. The zero-order valence-electron chi connectivity index (χ0n) is 12.2. The molecule has 3 N–H and O–H groups in total. The normalized spacial score (nSPS) is 10.3. The van der Waals surface area contributed by atoms with Crippen LogP contribution >= 0.6 is 23.7 Å². The zero-order valence-corrected chi connectivity index (χ0v) is 13.9. The van der Waals surface area contributed by atoms with Gasteiger partial charge in [0.1, 0.15) is 23.0 Å². The number of rotatable bonds is 6. The molecule has 0 amide bonds. The Hall–Kier alpha value is -2.32. The minimum Gasteiger partial charge on any atom is -0.508 e. The lowest BCUT2D eigenvalue weighted by atomic mass is 10.2. The molecule has 2 rings (SSSR count). The first-order chi connectivity index (χ1) is 10.6. The third-order valence-electron chi connectivity index (χ3n) is 2.74. The summed E-state index contributed by atoms with van der Waals surface area (Å²) in [5.74, 6) is -0.451. The van der Waals surface area contributed by atoms with Crippen molar-refractivity contribution in [1.82, 2.24) is 10.4 Å². The van der Waals surface area contributed by atoms with Gasteiger partial charge in [0.2, 0.25) is 0 Å². The van der Waals surface area contributed by atoms with Crippen LogP contribution in [0.2, 0.25) is 0 Å². The van der Waals surface area contributed by atoms with Crippen LogP contribution in [0, 0.1) is 6.92 Å².